The van der Waals surface area contributed by atoms with Gasteiger partial charge in [-0.25, -0.2) is 9.78 Å². The number of hydrogen-bond donors (Lipinski definition) is 1. The molecule has 8 nitrogen and oxygen atoms in total. The number of carbonyl (C=O) groups excluding carboxylic acids is 1. The summed E-state index contributed by atoms with van der Waals surface area (Å²) >= 11 is 1.30. The van der Waals surface area contributed by atoms with Gasteiger partial charge < -0.3 is 10.1 Å². The summed E-state index contributed by atoms with van der Waals surface area (Å²) in [6.45, 7) is 2.18. The average molecular weight is 451 g/mol. The fraction of sp³-hybridized carbons (Fsp3) is 0.217. The van der Waals surface area contributed by atoms with Crippen LogP contribution in [0.1, 0.15) is 22.4 Å². The smallest absolute Gasteiger partial charge is 0.335 e. The lowest BCUT2D eigenvalue weighted by Gasteiger charge is -2.20. The Bertz CT molecular complexity index is 1310. The van der Waals surface area contributed by atoms with Crippen LogP contribution in [0.2, 0.25) is 0 Å². The number of rotatable bonds is 6. The molecule has 9 heteroatoms. The summed E-state index contributed by atoms with van der Waals surface area (Å²) < 4.78 is 7.72. The number of pyridine rings is 1. The van der Waals surface area contributed by atoms with Gasteiger partial charge in [-0.1, -0.05) is 30.3 Å². The average Bonchev–Trinajstić information content (AvgIpc) is 2.84. The number of methoxy groups -OCH3 is 1. The quantitative estimate of drug-likeness (QED) is 0.618. The second-order valence-electron chi connectivity index (χ2n) is 7.27. The molecule has 0 saturated heterocycles. The maximum absolute atomic E-state index is 13.1. The molecule has 1 aromatic carbocycles. The van der Waals surface area contributed by atoms with Crippen LogP contribution in [-0.4, -0.2) is 27.1 Å². The lowest BCUT2D eigenvalue weighted by molar-refractivity contribution is -0.116. The van der Waals surface area contributed by atoms with E-state index in [1.165, 1.54) is 34.2 Å². The van der Waals surface area contributed by atoms with Crippen LogP contribution >= 0.6 is 11.8 Å². The van der Waals surface area contributed by atoms with E-state index in [1.54, 1.807) is 25.3 Å². The van der Waals surface area contributed by atoms with Crippen molar-refractivity contribution >= 4 is 23.9 Å². The highest BCUT2D eigenvalue weighted by atomic mass is 32.2. The van der Waals surface area contributed by atoms with Gasteiger partial charge in [0.1, 0.15) is 0 Å². The highest BCUT2D eigenvalue weighted by Crippen LogP contribution is 2.27. The van der Waals surface area contributed by atoms with Gasteiger partial charge in [-0.2, -0.15) is 0 Å². The van der Waals surface area contributed by atoms with Gasteiger partial charge in [-0.15, -0.1) is 11.8 Å². The maximum Gasteiger partial charge on any atom is 0.335 e. The molecule has 1 aliphatic heterocycles. The fourth-order valence-electron chi connectivity index (χ4n) is 3.42. The first-order valence-electron chi connectivity index (χ1n) is 9.98. The largest absolute Gasteiger partial charge is 0.481 e. The molecule has 4 rings (SSSR count). The molecule has 3 aromatic rings. The molecule has 3 heterocycles. The van der Waals surface area contributed by atoms with Gasteiger partial charge in [0.15, 0.2) is 0 Å². The molecule has 0 radical (unpaired) electrons. The van der Waals surface area contributed by atoms with Crippen molar-refractivity contribution in [3.8, 4) is 5.88 Å². The summed E-state index contributed by atoms with van der Waals surface area (Å²) in [7, 11) is 1.53. The number of amides is 1. The zero-order chi connectivity index (χ0) is 22.7. The zero-order valence-electron chi connectivity index (χ0n) is 17.7. The number of ether oxygens (including phenoxy) is 1. The molecule has 0 unspecified atom stereocenters. The molecule has 1 aliphatic rings. The Hall–Kier alpha value is -3.59. The Morgan fingerprint density at radius 2 is 1.97 bits per heavy atom. The van der Waals surface area contributed by atoms with E-state index in [9.17, 15) is 14.4 Å². The van der Waals surface area contributed by atoms with E-state index in [-0.39, 0.29) is 18.0 Å². The van der Waals surface area contributed by atoms with Crippen LogP contribution in [0.3, 0.4) is 0 Å². The summed E-state index contributed by atoms with van der Waals surface area (Å²) in [5.41, 5.74) is 2.06. The van der Waals surface area contributed by atoms with Crippen LogP contribution in [-0.2, 0) is 23.6 Å². The molecule has 32 heavy (non-hydrogen) atoms. The zero-order valence-corrected chi connectivity index (χ0v) is 18.5. The highest BCUT2D eigenvalue weighted by molar-refractivity contribution is 8.03. The van der Waals surface area contributed by atoms with Crippen molar-refractivity contribution in [2.75, 3.05) is 7.11 Å². The van der Waals surface area contributed by atoms with Crippen LogP contribution in [0.4, 0.5) is 0 Å². The van der Waals surface area contributed by atoms with Crippen LogP contribution < -0.4 is 21.3 Å². The summed E-state index contributed by atoms with van der Waals surface area (Å²) in [6, 6.07) is 12.9. The standard InChI is InChI=1S/C23H22N4O4S/c1-15-18-14-32-19(21(28)25-11-17-8-9-24-20(10-17)31-2)13-26(18)23(30)27(22(15)29)12-16-6-4-3-5-7-16/h3-10,13H,11-12,14H2,1-2H3,(H,25,28). The van der Waals surface area contributed by atoms with E-state index in [2.05, 4.69) is 10.3 Å². The predicted octanol–water partition coefficient (Wildman–Crippen LogP) is 2.13. The summed E-state index contributed by atoms with van der Waals surface area (Å²) in [5, 5.41) is 2.86. The van der Waals surface area contributed by atoms with Gasteiger partial charge in [0.2, 0.25) is 5.88 Å². The Balaban J connectivity index is 1.61. The summed E-state index contributed by atoms with van der Waals surface area (Å²) in [6.07, 6.45) is 3.13. The minimum absolute atomic E-state index is 0.173. The van der Waals surface area contributed by atoms with Crippen LogP contribution in [0.25, 0.3) is 6.20 Å². The van der Waals surface area contributed by atoms with Crippen molar-refractivity contribution in [2.24, 2.45) is 0 Å². The van der Waals surface area contributed by atoms with E-state index >= 15 is 0 Å². The lowest BCUT2D eigenvalue weighted by Crippen LogP contribution is -2.42. The van der Waals surface area contributed by atoms with Gasteiger partial charge in [0.05, 0.1) is 18.6 Å². The van der Waals surface area contributed by atoms with Gasteiger partial charge in [0.25, 0.3) is 11.5 Å². The molecule has 0 fully saturated rings. The molecule has 0 bridgehead atoms. The van der Waals surface area contributed by atoms with Crippen LogP contribution in [0.15, 0.2) is 63.2 Å². The molecule has 0 spiro atoms. The van der Waals surface area contributed by atoms with Crippen molar-refractivity contribution in [1.29, 1.82) is 0 Å². The molecular weight excluding hydrogens is 428 g/mol. The number of thioether (sulfide) groups is 1. The minimum Gasteiger partial charge on any atom is -0.481 e. The second-order valence-corrected chi connectivity index (χ2v) is 8.29. The monoisotopic (exact) mass is 450 g/mol. The lowest BCUT2D eigenvalue weighted by atomic mass is 10.2. The van der Waals surface area contributed by atoms with Crippen molar-refractivity contribution in [3.63, 3.8) is 0 Å². The topological polar surface area (TPSA) is 95.2 Å². The number of fused-ring (bicyclic) bond motifs is 1. The highest BCUT2D eigenvalue weighted by Gasteiger charge is 2.22. The number of carbonyl (C=O) groups is 1. The molecule has 2 aromatic heterocycles. The Morgan fingerprint density at radius 1 is 1.19 bits per heavy atom. The van der Waals surface area contributed by atoms with E-state index in [1.807, 2.05) is 30.3 Å². The molecule has 0 atom stereocenters. The van der Waals surface area contributed by atoms with Gasteiger partial charge in [-0.3, -0.25) is 18.7 Å². The molecule has 164 valence electrons. The molecule has 0 aliphatic carbocycles. The third kappa shape index (κ3) is 4.38. The SMILES string of the molecule is COc1cc(CNC(=O)C2=Cn3c(c(C)c(=O)n(Cc4ccccc4)c3=O)CS2)ccn1. The first-order valence-corrected chi connectivity index (χ1v) is 11.0. The van der Waals surface area contributed by atoms with E-state index < -0.39 is 5.69 Å². The third-order valence-corrected chi connectivity index (χ3v) is 6.23. The number of nitrogens with one attached hydrogen (secondary N) is 1. The third-order valence-electron chi connectivity index (χ3n) is 5.21. The summed E-state index contributed by atoms with van der Waals surface area (Å²) in [4.78, 5) is 43.1. The van der Waals surface area contributed by atoms with Gasteiger partial charge in [-0.05, 0) is 24.1 Å². The minimum atomic E-state index is -0.455. The molecule has 1 N–H and O–H groups in total. The van der Waals surface area contributed by atoms with E-state index in [0.29, 0.717) is 34.3 Å². The van der Waals surface area contributed by atoms with Crippen LogP contribution in [0, 0.1) is 6.92 Å². The van der Waals surface area contributed by atoms with Crippen molar-refractivity contribution in [3.05, 3.63) is 96.8 Å². The maximum atomic E-state index is 13.1. The van der Waals surface area contributed by atoms with Crippen LogP contribution in [0.5, 0.6) is 5.88 Å². The van der Waals surface area contributed by atoms with Gasteiger partial charge in [0, 0.05) is 42.0 Å². The normalized spacial score (nSPS) is 12.6. The number of benzene rings is 1. The Kier molecular flexibility index (Phi) is 6.27. The fourth-order valence-corrected chi connectivity index (χ4v) is 4.45. The van der Waals surface area contributed by atoms with Gasteiger partial charge >= 0.3 is 5.69 Å². The molecule has 1 amide bonds. The van der Waals surface area contributed by atoms with Crippen molar-refractivity contribution < 1.29 is 9.53 Å². The molecule has 0 saturated carbocycles. The molecular formula is C23H22N4O4S. The Morgan fingerprint density at radius 3 is 2.72 bits per heavy atom. The number of hydrogen-bond acceptors (Lipinski definition) is 6. The van der Waals surface area contributed by atoms with E-state index in [0.717, 1.165) is 11.1 Å². The van der Waals surface area contributed by atoms with Crippen molar-refractivity contribution in [1.82, 2.24) is 19.4 Å². The Labute approximate surface area is 188 Å². The number of nitrogens with zero attached hydrogens (tertiary/aromatic N) is 3. The van der Waals surface area contributed by atoms with E-state index in [4.69, 9.17) is 4.74 Å². The first kappa shape index (κ1) is 21.6. The van der Waals surface area contributed by atoms with Crippen molar-refractivity contribution in [2.45, 2.75) is 25.8 Å². The number of aromatic nitrogens is 3. The predicted molar refractivity (Wildman–Crippen MR) is 123 cm³/mol. The first-order chi connectivity index (χ1) is 15.5. The second kappa shape index (κ2) is 9.27. The summed E-state index contributed by atoms with van der Waals surface area (Å²) in [5.74, 6) is 0.544.